The van der Waals surface area contributed by atoms with Crippen LogP contribution in [0.3, 0.4) is 0 Å². The van der Waals surface area contributed by atoms with E-state index in [-0.39, 0.29) is 41.7 Å². The molecule has 1 heterocycles. The van der Waals surface area contributed by atoms with Crippen LogP contribution in [0, 0.1) is 0 Å². The summed E-state index contributed by atoms with van der Waals surface area (Å²) in [5, 5.41) is 28.6. The van der Waals surface area contributed by atoms with E-state index in [9.17, 15) is 33.0 Å². The van der Waals surface area contributed by atoms with E-state index in [1.54, 1.807) is 24.3 Å². The van der Waals surface area contributed by atoms with Crippen LogP contribution < -0.4 is 10.0 Å². The first-order valence-electron chi connectivity index (χ1n) is 12.9. The summed E-state index contributed by atoms with van der Waals surface area (Å²) < 4.78 is 44.6. The Hall–Kier alpha value is -5.33. The fourth-order valence-corrected chi connectivity index (χ4v) is 4.45. The largest absolute Gasteiger partial charge is 0.505 e. The number of carboxylic acids is 1. The number of carbonyl (C=O) groups is 2. The van der Waals surface area contributed by atoms with Crippen molar-refractivity contribution in [3.63, 3.8) is 0 Å². The summed E-state index contributed by atoms with van der Waals surface area (Å²) in [6, 6.07) is 23.9. The number of phenols is 1. The Morgan fingerprint density at radius 3 is 2.37 bits per heavy atom. The van der Waals surface area contributed by atoms with Crippen molar-refractivity contribution in [1.29, 1.82) is 0 Å². The van der Waals surface area contributed by atoms with E-state index >= 15 is 0 Å². The molecule has 1 atom stereocenters. The molecule has 43 heavy (non-hydrogen) atoms. The standard InChI is InChI=1S/C31H23F3N4O5/c32-31(33,34)23-12-14-24(15-13-23)38(19-43-18-20-6-2-1-3-7-20)29(40)27(17-35-38)37-36-26-11-5-10-25(28(26)39)21-8-4-9-22(16-21)30(41)42/h1-17H,18-19H2,(H2-,35,36,37,39,40,41,42)/p+1. The van der Waals surface area contributed by atoms with Crippen molar-refractivity contribution in [2.45, 2.75) is 12.8 Å². The van der Waals surface area contributed by atoms with Crippen LogP contribution in [-0.2, 0) is 22.3 Å². The molecule has 0 radical (unpaired) electrons. The van der Waals surface area contributed by atoms with E-state index < -0.39 is 28.2 Å². The van der Waals surface area contributed by atoms with Crippen LogP contribution in [0.15, 0.2) is 107 Å². The minimum Gasteiger partial charge on any atom is -0.505 e. The smallest absolute Gasteiger partial charge is 0.416 e. The number of hydrogen-bond donors (Lipinski definition) is 3. The minimum absolute atomic E-state index is 0.0372. The zero-order valence-corrected chi connectivity index (χ0v) is 22.3. The number of carbonyl (C=O) groups excluding carboxylic acids is 1. The second-order valence-electron chi connectivity index (χ2n) is 9.52. The highest BCUT2D eigenvalue weighted by Crippen LogP contribution is 2.37. The molecule has 9 nitrogen and oxygen atoms in total. The molecule has 0 fully saturated rings. The number of quaternary nitrogens is 1. The van der Waals surface area contributed by atoms with Crippen LogP contribution in [0.1, 0.15) is 21.5 Å². The van der Waals surface area contributed by atoms with Crippen molar-refractivity contribution in [1.82, 2.24) is 4.59 Å². The van der Waals surface area contributed by atoms with Crippen LogP contribution in [0.25, 0.3) is 11.1 Å². The number of hydrogen-bond acceptors (Lipinski definition) is 7. The number of halogens is 3. The molecule has 4 aromatic rings. The molecule has 0 saturated carbocycles. The zero-order valence-electron chi connectivity index (χ0n) is 22.3. The Labute approximate surface area is 243 Å². The van der Waals surface area contributed by atoms with E-state index in [2.05, 4.69) is 15.6 Å². The van der Waals surface area contributed by atoms with Gasteiger partial charge < -0.3 is 14.9 Å². The third kappa shape index (κ3) is 6.15. The van der Waals surface area contributed by atoms with Gasteiger partial charge in [-0.05, 0) is 41.5 Å². The van der Waals surface area contributed by atoms with Crippen LogP contribution in [-0.4, -0.2) is 40.7 Å². The average molecular weight is 590 g/mol. The molecule has 0 aromatic heterocycles. The average Bonchev–Trinajstić information content (AvgIpc) is 3.32. The van der Waals surface area contributed by atoms with Gasteiger partial charge in [0.05, 0.1) is 23.4 Å². The number of aromatic carboxylic acids is 1. The number of anilines is 1. The minimum atomic E-state index is -4.56. The molecule has 0 aliphatic carbocycles. The lowest BCUT2D eigenvalue weighted by molar-refractivity contribution is -0.137. The second-order valence-corrected chi connectivity index (χ2v) is 9.52. The number of aromatic hydroxyl groups is 1. The van der Waals surface area contributed by atoms with Gasteiger partial charge in [0, 0.05) is 17.7 Å². The quantitative estimate of drug-likeness (QED) is 0.121. The number of amides is 1. The summed E-state index contributed by atoms with van der Waals surface area (Å²) in [7, 11) is 0. The van der Waals surface area contributed by atoms with Gasteiger partial charge in [0.1, 0.15) is 12.0 Å². The predicted molar refractivity (Wildman–Crippen MR) is 154 cm³/mol. The SMILES string of the molecule is O=C(O)c1cccc(-c2cccc(NN=C3C=N[N+](COCc4ccccc4)(c4ccc(C(F)(F)F)cc4)C3=O)c2O)c1. The van der Waals surface area contributed by atoms with Crippen molar-refractivity contribution >= 4 is 35.2 Å². The number of nitrogens with one attached hydrogen (secondary N) is 1. The topological polar surface area (TPSA) is 121 Å². The molecular formula is C31H24F3N4O5+. The normalized spacial score (nSPS) is 17.4. The molecule has 1 amide bonds. The number of benzene rings is 4. The maximum absolute atomic E-state index is 13.7. The molecule has 0 spiro atoms. The Balaban J connectivity index is 1.42. The summed E-state index contributed by atoms with van der Waals surface area (Å²) in [6.45, 7) is -0.200. The van der Waals surface area contributed by atoms with Gasteiger partial charge in [-0.15, -0.1) is 0 Å². The number of phenolic OH excluding ortho intramolecular Hbond substituents is 1. The number of ether oxygens (including phenoxy) is 1. The molecule has 5 rings (SSSR count). The van der Waals surface area contributed by atoms with E-state index in [1.165, 1.54) is 36.5 Å². The summed E-state index contributed by atoms with van der Waals surface area (Å²) in [5.74, 6) is -2.04. The van der Waals surface area contributed by atoms with Crippen LogP contribution in [0.5, 0.6) is 5.75 Å². The monoisotopic (exact) mass is 589 g/mol. The summed E-state index contributed by atoms with van der Waals surface area (Å²) in [5.41, 5.74) is 3.48. The molecule has 0 saturated heterocycles. The zero-order chi connectivity index (χ0) is 30.6. The van der Waals surface area contributed by atoms with Crippen molar-refractivity contribution in [3.8, 4) is 16.9 Å². The predicted octanol–water partition coefficient (Wildman–Crippen LogP) is 6.25. The molecule has 4 aromatic carbocycles. The highest BCUT2D eigenvalue weighted by atomic mass is 19.4. The summed E-state index contributed by atoms with van der Waals surface area (Å²) in [4.78, 5) is 25.1. The Morgan fingerprint density at radius 1 is 0.953 bits per heavy atom. The van der Waals surface area contributed by atoms with Crippen LogP contribution in [0.4, 0.5) is 24.5 Å². The maximum Gasteiger partial charge on any atom is 0.416 e. The molecule has 3 N–H and O–H groups in total. The van der Waals surface area contributed by atoms with Crippen LogP contribution in [0.2, 0.25) is 0 Å². The highest BCUT2D eigenvalue weighted by Gasteiger charge is 2.48. The van der Waals surface area contributed by atoms with Gasteiger partial charge in [-0.2, -0.15) is 18.3 Å². The number of hydrazone groups is 1. The number of rotatable bonds is 9. The molecule has 0 bridgehead atoms. The number of nitrogens with zero attached hydrogens (tertiary/aromatic N) is 3. The van der Waals surface area contributed by atoms with Crippen molar-refractivity contribution in [2.75, 3.05) is 12.2 Å². The molecule has 1 unspecified atom stereocenters. The summed E-state index contributed by atoms with van der Waals surface area (Å²) in [6.07, 6.45) is -3.39. The molecular weight excluding hydrogens is 565 g/mol. The Bertz CT molecular complexity index is 1720. The molecule has 12 heteroatoms. The van der Waals surface area contributed by atoms with Crippen molar-refractivity contribution in [2.24, 2.45) is 10.2 Å². The number of alkyl halides is 3. The molecule has 1 aliphatic rings. The van der Waals surface area contributed by atoms with E-state index in [1.807, 2.05) is 30.3 Å². The van der Waals surface area contributed by atoms with Crippen LogP contribution >= 0.6 is 0 Å². The Morgan fingerprint density at radius 2 is 1.67 bits per heavy atom. The maximum atomic E-state index is 13.7. The Kier molecular flexibility index (Phi) is 8.06. The lowest BCUT2D eigenvalue weighted by Gasteiger charge is -2.25. The van der Waals surface area contributed by atoms with Gasteiger partial charge in [-0.1, -0.05) is 64.3 Å². The van der Waals surface area contributed by atoms with Gasteiger partial charge in [0.15, 0.2) is 5.69 Å². The van der Waals surface area contributed by atoms with Gasteiger partial charge in [0.25, 0.3) is 0 Å². The van der Waals surface area contributed by atoms with Gasteiger partial charge >= 0.3 is 18.1 Å². The summed E-state index contributed by atoms with van der Waals surface area (Å²) >= 11 is 0. The first-order chi connectivity index (χ1) is 20.6. The molecule has 1 aliphatic heterocycles. The van der Waals surface area contributed by atoms with E-state index in [0.717, 1.165) is 17.7 Å². The van der Waals surface area contributed by atoms with E-state index in [0.29, 0.717) is 11.1 Å². The second kappa shape index (κ2) is 11.9. The fourth-order valence-electron chi connectivity index (χ4n) is 4.45. The van der Waals surface area contributed by atoms with Gasteiger partial charge in [-0.3, -0.25) is 5.43 Å². The first-order valence-corrected chi connectivity index (χ1v) is 12.9. The van der Waals surface area contributed by atoms with E-state index in [4.69, 9.17) is 4.74 Å². The third-order valence-electron chi connectivity index (χ3n) is 6.70. The first kappa shape index (κ1) is 29.2. The van der Waals surface area contributed by atoms with Crippen molar-refractivity contribution < 1.29 is 37.7 Å². The third-order valence-corrected chi connectivity index (χ3v) is 6.70. The van der Waals surface area contributed by atoms with Gasteiger partial charge in [-0.25, -0.2) is 9.59 Å². The fraction of sp³-hybridized carbons (Fsp3) is 0.0968. The lowest BCUT2D eigenvalue weighted by atomic mass is 10.0. The lowest BCUT2D eigenvalue weighted by Crippen LogP contribution is -2.50. The molecule has 218 valence electrons. The highest BCUT2D eigenvalue weighted by molar-refractivity contribution is 6.64. The number of carboxylic acid groups (broad SMARTS) is 1. The van der Waals surface area contributed by atoms with Gasteiger partial charge in [0.2, 0.25) is 12.4 Å². The number of para-hydroxylation sites is 1. The van der Waals surface area contributed by atoms with Crippen molar-refractivity contribution in [3.05, 3.63) is 114 Å².